The average Bonchev–Trinajstić information content (AvgIpc) is 3.41. The van der Waals surface area contributed by atoms with E-state index in [0.29, 0.717) is 19.3 Å². The number of rotatable bonds is 57. The Morgan fingerprint density at radius 3 is 0.813 bits per heavy atom. The Balaban J connectivity index is 4.47. The molecule has 0 spiro atoms. The van der Waals surface area contributed by atoms with E-state index in [1.54, 1.807) is 0 Å². The fourth-order valence-electron chi connectivity index (χ4n) is 8.77. The lowest BCUT2D eigenvalue weighted by atomic mass is 10.0. The van der Waals surface area contributed by atoms with Crippen molar-refractivity contribution in [2.75, 3.05) is 13.2 Å². The van der Waals surface area contributed by atoms with Crippen LogP contribution >= 0.6 is 0 Å². The van der Waals surface area contributed by atoms with Gasteiger partial charge in [0, 0.05) is 19.3 Å². The normalized spacial score (nSPS) is 12.7. The van der Waals surface area contributed by atoms with Crippen LogP contribution in [0.5, 0.6) is 0 Å². The number of unbranched alkanes of at least 4 members (excludes halogenated alkanes) is 30. The summed E-state index contributed by atoms with van der Waals surface area (Å²) in [7, 11) is 0. The summed E-state index contributed by atoms with van der Waals surface area (Å²) < 4.78 is 16.9. The van der Waals surface area contributed by atoms with E-state index in [4.69, 9.17) is 14.2 Å². The molecule has 6 nitrogen and oxygen atoms in total. The first-order valence-corrected chi connectivity index (χ1v) is 31.7. The number of ether oxygens (including phenoxy) is 3. The summed E-state index contributed by atoms with van der Waals surface area (Å²) in [5.74, 6) is -0.987. The van der Waals surface area contributed by atoms with Crippen LogP contribution < -0.4 is 0 Å². The van der Waals surface area contributed by atoms with Crippen molar-refractivity contribution in [3.8, 4) is 0 Å². The number of hydrogen-bond acceptors (Lipinski definition) is 6. The standard InChI is InChI=1S/C69H118O6/c1-4-7-10-13-16-19-22-25-28-31-33-34-36-39-41-44-47-50-53-56-59-62-68(71)74-65-66(75-69(72)63-60-57-54-51-48-45-42-37-30-27-24-21-18-15-12-9-6-3)64-73-67(70)61-58-55-52-49-46-43-40-38-35-32-29-26-23-20-17-14-11-8-5-2/h17-18,20-21,26-27,29-30,35,38,42-43,45-46,51,54,66H,4-16,19,22-25,28,31-34,36-37,39-41,44,47-50,52-53,55-65H2,1-3H3/b20-17-,21-18-,29-26-,30-27-,38-35-,45-42-,46-43-,54-51-/t66-/m1/s1. The number of carbonyl (C=O) groups excluding carboxylic acids is 3. The predicted octanol–water partition coefficient (Wildman–Crippen LogP) is 21.7. The maximum Gasteiger partial charge on any atom is 0.306 e. The van der Waals surface area contributed by atoms with E-state index in [1.807, 2.05) is 0 Å². The van der Waals surface area contributed by atoms with Crippen molar-refractivity contribution in [1.29, 1.82) is 0 Å². The van der Waals surface area contributed by atoms with E-state index in [0.717, 1.165) is 89.9 Å². The van der Waals surface area contributed by atoms with Crippen molar-refractivity contribution in [3.63, 3.8) is 0 Å². The smallest absolute Gasteiger partial charge is 0.306 e. The molecule has 0 aromatic rings. The Hall–Kier alpha value is -3.67. The van der Waals surface area contributed by atoms with Gasteiger partial charge >= 0.3 is 17.9 Å². The molecule has 0 bridgehead atoms. The number of hydrogen-bond donors (Lipinski definition) is 0. The van der Waals surface area contributed by atoms with E-state index < -0.39 is 6.10 Å². The molecule has 0 fully saturated rings. The van der Waals surface area contributed by atoms with Crippen LogP contribution in [0.2, 0.25) is 0 Å². The van der Waals surface area contributed by atoms with Gasteiger partial charge in [0.2, 0.25) is 0 Å². The molecule has 0 radical (unpaired) electrons. The maximum atomic E-state index is 12.9. The van der Waals surface area contributed by atoms with Crippen LogP contribution in [0, 0.1) is 0 Å². The van der Waals surface area contributed by atoms with Gasteiger partial charge in [0.15, 0.2) is 6.10 Å². The zero-order valence-corrected chi connectivity index (χ0v) is 49.3. The topological polar surface area (TPSA) is 78.9 Å². The van der Waals surface area contributed by atoms with E-state index in [1.165, 1.54) is 167 Å². The third kappa shape index (κ3) is 61.1. The first-order valence-electron chi connectivity index (χ1n) is 31.7. The van der Waals surface area contributed by atoms with Gasteiger partial charge in [0.25, 0.3) is 0 Å². The van der Waals surface area contributed by atoms with Gasteiger partial charge in [-0.3, -0.25) is 14.4 Å². The van der Waals surface area contributed by atoms with Gasteiger partial charge in [0.05, 0.1) is 0 Å². The summed E-state index contributed by atoms with van der Waals surface area (Å²) >= 11 is 0. The zero-order chi connectivity index (χ0) is 54.3. The molecule has 0 amide bonds. The molecular weight excluding hydrogens is 925 g/mol. The van der Waals surface area contributed by atoms with Crippen LogP contribution in [0.4, 0.5) is 0 Å². The number of allylic oxidation sites excluding steroid dienone is 16. The highest BCUT2D eigenvalue weighted by atomic mass is 16.6. The Labute approximate surface area is 464 Å². The molecule has 0 aliphatic heterocycles. The average molecular weight is 1040 g/mol. The van der Waals surface area contributed by atoms with Crippen molar-refractivity contribution in [2.24, 2.45) is 0 Å². The van der Waals surface area contributed by atoms with Gasteiger partial charge in [-0.2, -0.15) is 0 Å². The molecular formula is C69H118O6. The zero-order valence-electron chi connectivity index (χ0n) is 49.3. The second-order valence-electron chi connectivity index (χ2n) is 21.0. The van der Waals surface area contributed by atoms with Gasteiger partial charge in [-0.15, -0.1) is 0 Å². The van der Waals surface area contributed by atoms with Crippen molar-refractivity contribution >= 4 is 17.9 Å². The Morgan fingerprint density at radius 1 is 0.267 bits per heavy atom. The summed E-state index contributed by atoms with van der Waals surface area (Å²) in [6.07, 6.45) is 84.1. The summed E-state index contributed by atoms with van der Waals surface area (Å²) in [5.41, 5.74) is 0. The molecule has 430 valence electrons. The van der Waals surface area contributed by atoms with Crippen molar-refractivity contribution < 1.29 is 28.6 Å². The third-order valence-corrected chi connectivity index (χ3v) is 13.6. The van der Waals surface area contributed by atoms with Gasteiger partial charge in [-0.05, 0) is 103 Å². The second kappa shape index (κ2) is 62.9. The van der Waals surface area contributed by atoms with E-state index in [9.17, 15) is 14.4 Å². The monoisotopic (exact) mass is 1040 g/mol. The first-order chi connectivity index (χ1) is 37.0. The molecule has 0 heterocycles. The molecule has 0 saturated heterocycles. The molecule has 0 aliphatic carbocycles. The highest BCUT2D eigenvalue weighted by Gasteiger charge is 2.19. The van der Waals surface area contributed by atoms with Gasteiger partial charge in [-0.1, -0.05) is 279 Å². The molecule has 0 aromatic carbocycles. The minimum atomic E-state index is -0.820. The molecule has 0 saturated carbocycles. The predicted molar refractivity (Wildman–Crippen MR) is 325 cm³/mol. The minimum Gasteiger partial charge on any atom is -0.462 e. The van der Waals surface area contributed by atoms with Crippen molar-refractivity contribution in [2.45, 2.75) is 309 Å². The van der Waals surface area contributed by atoms with Crippen LogP contribution in [0.3, 0.4) is 0 Å². The number of esters is 3. The Bertz CT molecular complexity index is 1480. The summed E-state index contributed by atoms with van der Waals surface area (Å²) in [6, 6.07) is 0. The molecule has 0 aromatic heterocycles. The highest BCUT2D eigenvalue weighted by Crippen LogP contribution is 2.16. The third-order valence-electron chi connectivity index (χ3n) is 13.6. The van der Waals surface area contributed by atoms with Crippen molar-refractivity contribution in [1.82, 2.24) is 0 Å². The largest absolute Gasteiger partial charge is 0.462 e. The maximum absolute atomic E-state index is 12.9. The van der Waals surface area contributed by atoms with Gasteiger partial charge in [0.1, 0.15) is 13.2 Å². The van der Waals surface area contributed by atoms with Gasteiger partial charge < -0.3 is 14.2 Å². The molecule has 0 unspecified atom stereocenters. The molecule has 75 heavy (non-hydrogen) atoms. The second-order valence-corrected chi connectivity index (χ2v) is 21.0. The van der Waals surface area contributed by atoms with Crippen LogP contribution in [-0.4, -0.2) is 37.2 Å². The molecule has 0 aliphatic rings. The fourth-order valence-corrected chi connectivity index (χ4v) is 8.77. The minimum absolute atomic E-state index is 0.108. The highest BCUT2D eigenvalue weighted by molar-refractivity contribution is 5.71. The lowest BCUT2D eigenvalue weighted by molar-refractivity contribution is -0.167. The summed E-state index contributed by atoms with van der Waals surface area (Å²) in [4.78, 5) is 38.3. The molecule has 6 heteroatoms. The van der Waals surface area contributed by atoms with Gasteiger partial charge in [-0.25, -0.2) is 0 Å². The summed E-state index contributed by atoms with van der Waals surface area (Å²) in [6.45, 7) is 6.54. The Morgan fingerprint density at radius 2 is 0.493 bits per heavy atom. The lowest BCUT2D eigenvalue weighted by Gasteiger charge is -2.18. The van der Waals surface area contributed by atoms with E-state index >= 15 is 0 Å². The molecule has 0 N–H and O–H groups in total. The summed E-state index contributed by atoms with van der Waals surface area (Å²) in [5, 5.41) is 0. The van der Waals surface area contributed by atoms with E-state index in [-0.39, 0.29) is 37.5 Å². The lowest BCUT2D eigenvalue weighted by Crippen LogP contribution is -2.30. The Kier molecular flexibility index (Phi) is 59.8. The van der Waals surface area contributed by atoms with Crippen molar-refractivity contribution in [3.05, 3.63) is 97.2 Å². The molecule has 0 rings (SSSR count). The quantitative estimate of drug-likeness (QED) is 0.0261. The van der Waals surface area contributed by atoms with Crippen LogP contribution in [-0.2, 0) is 28.6 Å². The van der Waals surface area contributed by atoms with Crippen LogP contribution in [0.25, 0.3) is 0 Å². The van der Waals surface area contributed by atoms with E-state index in [2.05, 4.69) is 118 Å². The fraction of sp³-hybridized carbons (Fsp3) is 0.725. The molecule has 1 atom stereocenters. The van der Waals surface area contributed by atoms with Crippen LogP contribution in [0.1, 0.15) is 303 Å². The van der Waals surface area contributed by atoms with Crippen LogP contribution in [0.15, 0.2) is 97.2 Å². The number of carbonyl (C=O) groups is 3. The SMILES string of the molecule is CCCCC/C=C\C/C=C\C/C=C\C/C=C\CCCCCC(=O)OC[C@H](COC(=O)CCCCCCCCCCCCCCCCCCCCCCC)OC(=O)CCC/C=C\C/C=C\C/C=C\C/C=C\CCCCC. The first kappa shape index (κ1) is 71.3.